The largest absolute Gasteiger partial charge is 0.377 e. The van der Waals surface area contributed by atoms with Crippen LogP contribution in [0.4, 0.5) is 11.5 Å². The van der Waals surface area contributed by atoms with E-state index in [1.165, 1.54) is 28.1 Å². The zero-order chi connectivity index (χ0) is 23.4. The third-order valence-corrected chi connectivity index (χ3v) is 7.76. The number of aryl methyl sites for hydroxylation is 1. The van der Waals surface area contributed by atoms with Crippen molar-refractivity contribution in [3.8, 4) is 0 Å². The molecule has 0 spiro atoms. The summed E-state index contributed by atoms with van der Waals surface area (Å²) in [6, 6.07) is 7.66. The van der Waals surface area contributed by atoms with Crippen molar-refractivity contribution in [1.29, 1.82) is 0 Å². The van der Waals surface area contributed by atoms with Crippen molar-refractivity contribution in [2.24, 2.45) is 5.10 Å². The van der Waals surface area contributed by atoms with Crippen LogP contribution in [0.1, 0.15) is 61.5 Å². The predicted octanol–water partition coefficient (Wildman–Crippen LogP) is 3.24. The lowest BCUT2D eigenvalue weighted by molar-refractivity contribution is -0.129. The lowest BCUT2D eigenvalue weighted by Crippen LogP contribution is -2.37. The van der Waals surface area contributed by atoms with Crippen molar-refractivity contribution >= 4 is 23.6 Å². The van der Waals surface area contributed by atoms with Crippen LogP contribution in [0.5, 0.6) is 0 Å². The van der Waals surface area contributed by atoms with Crippen LogP contribution in [-0.2, 0) is 28.9 Å². The van der Waals surface area contributed by atoms with Crippen LogP contribution in [0.2, 0.25) is 0 Å². The molecule has 4 aliphatic rings. The number of anilines is 2. The summed E-state index contributed by atoms with van der Waals surface area (Å²) in [4.78, 5) is 16.5. The molecule has 1 unspecified atom stereocenters. The van der Waals surface area contributed by atoms with Gasteiger partial charge in [-0.3, -0.25) is 14.5 Å². The van der Waals surface area contributed by atoms with Crippen molar-refractivity contribution in [3.63, 3.8) is 0 Å². The first-order valence-corrected chi connectivity index (χ1v) is 12.6. The Morgan fingerprint density at radius 2 is 2.03 bits per heavy atom. The summed E-state index contributed by atoms with van der Waals surface area (Å²) >= 11 is 0. The van der Waals surface area contributed by atoms with Gasteiger partial charge in [0.1, 0.15) is 0 Å². The van der Waals surface area contributed by atoms with Crippen LogP contribution in [0, 0.1) is 0 Å². The van der Waals surface area contributed by atoms with E-state index >= 15 is 0 Å². The fourth-order valence-corrected chi connectivity index (χ4v) is 5.65. The molecule has 4 aliphatic heterocycles. The van der Waals surface area contributed by atoms with Gasteiger partial charge < -0.3 is 14.5 Å². The summed E-state index contributed by atoms with van der Waals surface area (Å²) in [6.07, 6.45) is 5.12. The van der Waals surface area contributed by atoms with Crippen LogP contribution >= 0.6 is 0 Å². The highest BCUT2D eigenvalue weighted by molar-refractivity contribution is 5.76. The van der Waals surface area contributed by atoms with Gasteiger partial charge in [0.05, 0.1) is 25.8 Å². The van der Waals surface area contributed by atoms with Gasteiger partial charge in [-0.2, -0.15) is 10.2 Å². The molecule has 1 aromatic carbocycles. The second kappa shape index (κ2) is 8.41. The van der Waals surface area contributed by atoms with E-state index < -0.39 is 0 Å². The predicted molar refractivity (Wildman–Crippen MR) is 132 cm³/mol. The molecule has 1 saturated heterocycles. The van der Waals surface area contributed by atoms with Crippen molar-refractivity contribution in [1.82, 2.24) is 19.7 Å². The molecule has 0 saturated carbocycles. The first-order chi connectivity index (χ1) is 16.5. The average Bonchev–Trinajstić information content (AvgIpc) is 3.43. The number of carbonyl (C=O) groups is 1. The molecule has 1 amide bonds. The van der Waals surface area contributed by atoms with Crippen LogP contribution in [0.15, 0.2) is 23.3 Å². The minimum Gasteiger partial charge on any atom is -0.377 e. The zero-order valence-corrected chi connectivity index (χ0v) is 20.4. The van der Waals surface area contributed by atoms with Crippen LogP contribution in [-0.4, -0.2) is 70.7 Å². The third kappa shape index (κ3) is 3.59. The number of hydrogen-bond acceptors (Lipinski definition) is 6. The Morgan fingerprint density at radius 1 is 1.18 bits per heavy atom. The Morgan fingerprint density at radius 3 is 2.74 bits per heavy atom. The highest BCUT2D eigenvalue weighted by atomic mass is 16.5. The van der Waals surface area contributed by atoms with E-state index in [0.717, 1.165) is 57.9 Å². The molecule has 0 radical (unpaired) electrons. The van der Waals surface area contributed by atoms with E-state index in [-0.39, 0.29) is 5.91 Å². The second-order valence-corrected chi connectivity index (χ2v) is 10.3. The van der Waals surface area contributed by atoms with Gasteiger partial charge in [0, 0.05) is 68.1 Å². The number of rotatable bonds is 4. The quantitative estimate of drug-likeness (QED) is 0.698. The second-order valence-electron chi connectivity index (χ2n) is 10.3. The van der Waals surface area contributed by atoms with Crippen molar-refractivity contribution in [2.75, 3.05) is 37.7 Å². The third-order valence-electron chi connectivity index (χ3n) is 7.76. The molecule has 6 rings (SSSR count). The summed E-state index contributed by atoms with van der Waals surface area (Å²) in [6.45, 7) is 10.8. The Kier molecular flexibility index (Phi) is 5.36. The Hall–Kier alpha value is -2.87. The molecule has 0 N–H and O–H groups in total. The van der Waals surface area contributed by atoms with E-state index in [2.05, 4.69) is 58.0 Å². The maximum atomic E-state index is 12.2. The number of hydrazone groups is 1. The highest BCUT2D eigenvalue weighted by Crippen LogP contribution is 2.40. The van der Waals surface area contributed by atoms with E-state index in [4.69, 9.17) is 9.84 Å². The summed E-state index contributed by atoms with van der Waals surface area (Å²) in [7, 11) is 0. The van der Waals surface area contributed by atoms with Gasteiger partial charge in [-0.15, -0.1) is 0 Å². The number of amides is 1. The number of ether oxygens (including phenoxy) is 1. The van der Waals surface area contributed by atoms with Crippen LogP contribution < -0.4 is 4.90 Å². The average molecular weight is 463 g/mol. The molecule has 1 aromatic heterocycles. The topological polar surface area (TPSA) is 66.2 Å². The SMILES string of the molecule is CC(=O)N1CCc2c(c(N3CCCc4cc(C5C=NN(C(C)C)C5)ccc43)nn2C2COC2)C1. The van der Waals surface area contributed by atoms with Gasteiger partial charge in [-0.05, 0) is 43.9 Å². The lowest BCUT2D eigenvalue weighted by Gasteiger charge is -2.33. The van der Waals surface area contributed by atoms with Gasteiger partial charge in [0.25, 0.3) is 0 Å². The molecule has 1 fully saturated rings. The molecule has 34 heavy (non-hydrogen) atoms. The summed E-state index contributed by atoms with van der Waals surface area (Å²) < 4.78 is 7.68. The Bertz CT molecular complexity index is 1130. The molecule has 1 atom stereocenters. The van der Waals surface area contributed by atoms with E-state index in [1.54, 1.807) is 6.92 Å². The number of aromatic nitrogens is 2. The summed E-state index contributed by atoms with van der Waals surface area (Å²) in [5.74, 6) is 1.50. The minimum absolute atomic E-state index is 0.133. The number of hydrogen-bond donors (Lipinski definition) is 0. The Balaban J connectivity index is 1.34. The molecule has 5 heterocycles. The lowest BCUT2D eigenvalue weighted by atomic mass is 9.93. The van der Waals surface area contributed by atoms with E-state index in [1.807, 2.05) is 4.90 Å². The number of carbonyl (C=O) groups excluding carboxylic acids is 1. The molecule has 0 bridgehead atoms. The molecule has 180 valence electrons. The highest BCUT2D eigenvalue weighted by Gasteiger charge is 2.34. The first-order valence-electron chi connectivity index (χ1n) is 12.6. The minimum atomic E-state index is 0.133. The van der Waals surface area contributed by atoms with Crippen molar-refractivity contribution in [2.45, 2.75) is 64.6 Å². The molecule has 0 aliphatic carbocycles. The number of fused-ring (bicyclic) bond motifs is 2. The van der Waals surface area contributed by atoms with Crippen LogP contribution in [0.3, 0.4) is 0 Å². The van der Waals surface area contributed by atoms with Gasteiger partial charge in [0.2, 0.25) is 5.91 Å². The first kappa shape index (κ1) is 21.6. The standard InChI is InChI=1S/C26H34N6O2/c1-17(2)31-13-21(12-27-31)19-6-7-24-20(11-19)5-4-9-30(24)26-23-14-29(18(3)33)10-8-25(23)32(28-26)22-15-34-16-22/h6-7,11-12,17,21-22H,4-5,8-10,13-16H2,1-3H3. The zero-order valence-electron chi connectivity index (χ0n) is 20.4. The Labute approximate surface area is 201 Å². The number of nitrogens with zero attached hydrogens (tertiary/aromatic N) is 6. The van der Waals surface area contributed by atoms with E-state index in [9.17, 15) is 4.79 Å². The van der Waals surface area contributed by atoms with E-state index in [0.29, 0.717) is 24.5 Å². The number of benzene rings is 1. The van der Waals surface area contributed by atoms with Crippen molar-refractivity contribution < 1.29 is 9.53 Å². The maximum Gasteiger partial charge on any atom is 0.219 e. The molecular weight excluding hydrogens is 428 g/mol. The monoisotopic (exact) mass is 462 g/mol. The molecular formula is C26H34N6O2. The fraction of sp³-hybridized carbons (Fsp3) is 0.577. The normalized spacial score (nSPS) is 22.2. The molecule has 8 heteroatoms. The maximum absolute atomic E-state index is 12.2. The van der Waals surface area contributed by atoms with Crippen LogP contribution in [0.25, 0.3) is 0 Å². The molecule has 2 aromatic rings. The fourth-order valence-electron chi connectivity index (χ4n) is 5.65. The van der Waals surface area contributed by atoms with Gasteiger partial charge in [-0.1, -0.05) is 12.1 Å². The smallest absolute Gasteiger partial charge is 0.219 e. The van der Waals surface area contributed by atoms with Crippen molar-refractivity contribution in [3.05, 3.63) is 40.6 Å². The van der Waals surface area contributed by atoms with Gasteiger partial charge >= 0.3 is 0 Å². The van der Waals surface area contributed by atoms with Gasteiger partial charge in [0.15, 0.2) is 5.82 Å². The summed E-state index contributed by atoms with van der Waals surface area (Å²) in [5, 5.41) is 11.9. The van der Waals surface area contributed by atoms with Gasteiger partial charge in [-0.25, -0.2) is 0 Å². The molecule has 8 nitrogen and oxygen atoms in total. The summed E-state index contributed by atoms with van der Waals surface area (Å²) in [5.41, 5.74) is 6.47.